The van der Waals surface area contributed by atoms with Gasteiger partial charge in [0.05, 0.1) is 10.6 Å². The molecule has 0 aliphatic heterocycles. The Bertz CT molecular complexity index is 530. The monoisotopic (exact) mass is 312 g/mol. The highest BCUT2D eigenvalue weighted by atomic mass is 35.5. The van der Waals surface area contributed by atoms with Gasteiger partial charge in [0, 0.05) is 18.3 Å². The fraction of sp³-hybridized carbons (Fsp3) is 0.467. The number of aromatic carboxylic acids is 1. The van der Waals surface area contributed by atoms with Crippen LogP contribution in [0.25, 0.3) is 0 Å². The highest BCUT2D eigenvalue weighted by Gasteiger charge is 2.19. The third kappa shape index (κ3) is 4.93. The number of halogens is 1. The lowest BCUT2D eigenvalue weighted by atomic mass is 10.2. The molecule has 0 aliphatic carbocycles. The summed E-state index contributed by atoms with van der Waals surface area (Å²) < 4.78 is 0. The van der Waals surface area contributed by atoms with Crippen molar-refractivity contribution in [2.75, 3.05) is 11.9 Å². The first-order valence-corrected chi connectivity index (χ1v) is 7.20. The number of amides is 2. The second-order valence-corrected chi connectivity index (χ2v) is 5.98. The first-order valence-electron chi connectivity index (χ1n) is 6.82. The quantitative estimate of drug-likeness (QED) is 0.865. The van der Waals surface area contributed by atoms with Crippen molar-refractivity contribution in [2.45, 2.75) is 33.7 Å². The summed E-state index contributed by atoms with van der Waals surface area (Å²) in [5, 5.41) is 11.9. The van der Waals surface area contributed by atoms with E-state index in [-0.39, 0.29) is 22.7 Å². The van der Waals surface area contributed by atoms with Gasteiger partial charge in [-0.1, -0.05) is 25.4 Å². The molecule has 0 radical (unpaired) electrons. The van der Waals surface area contributed by atoms with Gasteiger partial charge < -0.3 is 15.3 Å². The van der Waals surface area contributed by atoms with Crippen LogP contribution in [0, 0.1) is 5.92 Å². The molecule has 116 valence electrons. The predicted octanol–water partition coefficient (Wildman–Crippen LogP) is 3.94. The van der Waals surface area contributed by atoms with Crippen molar-refractivity contribution in [1.29, 1.82) is 0 Å². The summed E-state index contributed by atoms with van der Waals surface area (Å²) in [4.78, 5) is 25.0. The van der Waals surface area contributed by atoms with Crippen LogP contribution in [0.1, 0.15) is 38.1 Å². The molecule has 0 saturated carbocycles. The summed E-state index contributed by atoms with van der Waals surface area (Å²) >= 11 is 5.81. The topological polar surface area (TPSA) is 69.6 Å². The van der Waals surface area contributed by atoms with Crippen LogP contribution in [0.5, 0.6) is 0 Å². The summed E-state index contributed by atoms with van der Waals surface area (Å²) in [6.07, 6.45) is 0. The third-order valence-electron chi connectivity index (χ3n) is 2.89. The largest absolute Gasteiger partial charge is 0.478 e. The maximum atomic E-state index is 12.3. The van der Waals surface area contributed by atoms with Crippen LogP contribution in [0.15, 0.2) is 18.2 Å². The number of carboxylic acids is 1. The summed E-state index contributed by atoms with van der Waals surface area (Å²) in [6.45, 7) is 8.57. The molecule has 21 heavy (non-hydrogen) atoms. The lowest BCUT2D eigenvalue weighted by Gasteiger charge is -2.28. The molecule has 0 atom stereocenters. The Morgan fingerprint density at radius 1 is 1.29 bits per heavy atom. The number of benzene rings is 1. The SMILES string of the molecule is CC(C)CN(C(=O)Nc1ccc(Cl)c(C(=O)O)c1)C(C)C. The van der Waals surface area contributed by atoms with Gasteiger partial charge in [-0.3, -0.25) is 0 Å². The van der Waals surface area contributed by atoms with Gasteiger partial charge in [-0.15, -0.1) is 0 Å². The van der Waals surface area contributed by atoms with E-state index >= 15 is 0 Å². The Morgan fingerprint density at radius 3 is 2.38 bits per heavy atom. The van der Waals surface area contributed by atoms with Crippen molar-refractivity contribution in [1.82, 2.24) is 4.90 Å². The van der Waals surface area contributed by atoms with Crippen LogP contribution >= 0.6 is 11.6 Å². The molecule has 1 rings (SSSR count). The van der Waals surface area contributed by atoms with Crippen molar-refractivity contribution in [3.05, 3.63) is 28.8 Å². The van der Waals surface area contributed by atoms with Crippen LogP contribution in [0.2, 0.25) is 5.02 Å². The normalized spacial score (nSPS) is 10.8. The van der Waals surface area contributed by atoms with Crippen LogP contribution in [0.3, 0.4) is 0 Å². The average Bonchev–Trinajstić information content (AvgIpc) is 2.37. The summed E-state index contributed by atoms with van der Waals surface area (Å²) in [5.41, 5.74) is 0.380. The van der Waals surface area contributed by atoms with Crippen molar-refractivity contribution in [2.24, 2.45) is 5.92 Å². The molecule has 1 aromatic carbocycles. The minimum Gasteiger partial charge on any atom is -0.478 e. The molecule has 6 heteroatoms. The number of carboxylic acid groups (broad SMARTS) is 1. The van der Waals surface area contributed by atoms with E-state index in [1.165, 1.54) is 12.1 Å². The van der Waals surface area contributed by atoms with Gasteiger partial charge in [-0.25, -0.2) is 9.59 Å². The van der Waals surface area contributed by atoms with Crippen LogP contribution < -0.4 is 5.32 Å². The molecule has 1 aromatic rings. The van der Waals surface area contributed by atoms with Gasteiger partial charge in [0.2, 0.25) is 0 Å². The molecule has 2 N–H and O–H groups in total. The van der Waals surface area contributed by atoms with E-state index in [0.717, 1.165) is 0 Å². The molecule has 0 heterocycles. The summed E-state index contributed by atoms with van der Waals surface area (Å²) in [7, 11) is 0. The number of nitrogens with one attached hydrogen (secondary N) is 1. The molecule has 0 spiro atoms. The first kappa shape index (κ1) is 17.3. The van der Waals surface area contributed by atoms with Crippen molar-refractivity contribution in [3.63, 3.8) is 0 Å². The zero-order valence-electron chi connectivity index (χ0n) is 12.7. The standard InChI is InChI=1S/C15H21ClN2O3/c1-9(2)8-18(10(3)4)15(21)17-11-5-6-13(16)12(7-11)14(19)20/h5-7,9-10H,8H2,1-4H3,(H,17,21)(H,19,20). The van der Waals surface area contributed by atoms with Gasteiger partial charge in [-0.05, 0) is 38.0 Å². The molecule has 0 fully saturated rings. The molecule has 0 unspecified atom stereocenters. The maximum absolute atomic E-state index is 12.3. The highest BCUT2D eigenvalue weighted by Crippen LogP contribution is 2.21. The molecule has 5 nitrogen and oxygen atoms in total. The average molecular weight is 313 g/mol. The predicted molar refractivity (Wildman–Crippen MR) is 84.1 cm³/mol. The van der Waals surface area contributed by atoms with E-state index in [4.69, 9.17) is 16.7 Å². The number of hydrogen-bond acceptors (Lipinski definition) is 2. The van der Waals surface area contributed by atoms with E-state index < -0.39 is 5.97 Å². The summed E-state index contributed by atoms with van der Waals surface area (Å²) in [6, 6.07) is 4.20. The zero-order chi connectivity index (χ0) is 16.2. The lowest BCUT2D eigenvalue weighted by molar-refractivity contribution is 0.0697. The number of rotatable bonds is 5. The minimum absolute atomic E-state index is 0.0329. The number of carbonyl (C=O) groups excluding carboxylic acids is 1. The smallest absolute Gasteiger partial charge is 0.337 e. The van der Waals surface area contributed by atoms with Gasteiger partial charge in [0.15, 0.2) is 0 Å². The fourth-order valence-corrected chi connectivity index (χ4v) is 2.08. The van der Waals surface area contributed by atoms with E-state index in [1.807, 2.05) is 27.7 Å². The van der Waals surface area contributed by atoms with Gasteiger partial charge in [0.25, 0.3) is 0 Å². The molecule has 0 saturated heterocycles. The van der Waals surface area contributed by atoms with Crippen LogP contribution in [-0.2, 0) is 0 Å². The van der Waals surface area contributed by atoms with Gasteiger partial charge in [-0.2, -0.15) is 0 Å². The van der Waals surface area contributed by atoms with Crippen molar-refractivity contribution in [3.8, 4) is 0 Å². The number of urea groups is 1. The van der Waals surface area contributed by atoms with Crippen LogP contribution in [-0.4, -0.2) is 34.6 Å². The molecule has 2 amide bonds. The number of hydrogen-bond donors (Lipinski definition) is 2. The summed E-state index contributed by atoms with van der Waals surface area (Å²) in [5.74, 6) is -0.781. The fourth-order valence-electron chi connectivity index (χ4n) is 1.88. The second-order valence-electron chi connectivity index (χ2n) is 5.57. The van der Waals surface area contributed by atoms with E-state index in [0.29, 0.717) is 18.2 Å². The van der Waals surface area contributed by atoms with Crippen molar-refractivity contribution < 1.29 is 14.7 Å². The van der Waals surface area contributed by atoms with E-state index in [1.54, 1.807) is 11.0 Å². The lowest BCUT2D eigenvalue weighted by Crippen LogP contribution is -2.42. The van der Waals surface area contributed by atoms with E-state index in [9.17, 15) is 9.59 Å². The Kier molecular flexibility index (Phi) is 6.03. The van der Waals surface area contributed by atoms with Gasteiger partial charge in [0.1, 0.15) is 0 Å². The second kappa shape index (κ2) is 7.31. The number of anilines is 1. The zero-order valence-corrected chi connectivity index (χ0v) is 13.4. The molecular weight excluding hydrogens is 292 g/mol. The molecule has 0 bridgehead atoms. The maximum Gasteiger partial charge on any atom is 0.337 e. The van der Waals surface area contributed by atoms with E-state index in [2.05, 4.69) is 5.32 Å². The third-order valence-corrected chi connectivity index (χ3v) is 3.22. The Labute approximate surface area is 129 Å². The highest BCUT2D eigenvalue weighted by molar-refractivity contribution is 6.33. The minimum atomic E-state index is -1.13. The Balaban J connectivity index is 2.91. The Morgan fingerprint density at radius 2 is 1.90 bits per heavy atom. The van der Waals surface area contributed by atoms with Crippen molar-refractivity contribution >= 4 is 29.3 Å². The molecule has 0 aliphatic rings. The molecule has 0 aromatic heterocycles. The first-order chi connectivity index (χ1) is 9.72. The van der Waals surface area contributed by atoms with Gasteiger partial charge >= 0.3 is 12.0 Å². The molecular formula is C15H21ClN2O3. The number of carbonyl (C=O) groups is 2. The van der Waals surface area contributed by atoms with Crippen LogP contribution in [0.4, 0.5) is 10.5 Å². The Hall–Kier alpha value is -1.75. The number of nitrogens with zero attached hydrogens (tertiary/aromatic N) is 1.